The molecule has 100 valence electrons. The number of hydrogen-bond acceptors (Lipinski definition) is 3. The molecule has 0 aliphatic heterocycles. The highest BCUT2D eigenvalue weighted by Gasteiger charge is 2.13. The average molecular weight is 282 g/mol. The summed E-state index contributed by atoms with van der Waals surface area (Å²) in [7, 11) is 0. The minimum absolute atomic E-state index is 0.0344. The maximum Gasteiger partial charge on any atom is 0.147 e. The molecule has 2 aromatic rings. The largest absolute Gasteiger partial charge is 0.508 e. The van der Waals surface area contributed by atoms with Crippen LogP contribution < -0.4 is 5.32 Å². The molecular weight excluding hydrogens is 269 g/mol. The van der Waals surface area contributed by atoms with Gasteiger partial charge in [-0.2, -0.15) is 0 Å². The minimum atomic E-state index is -0.473. The number of nitrogens with one attached hydrogen (secondary N) is 1. The quantitative estimate of drug-likeness (QED) is 0.744. The summed E-state index contributed by atoms with van der Waals surface area (Å²) in [6.07, 6.45) is 0. The van der Waals surface area contributed by atoms with Crippen molar-refractivity contribution in [2.45, 2.75) is 13.0 Å². The van der Waals surface area contributed by atoms with Crippen molar-refractivity contribution in [3.8, 4) is 11.5 Å². The Bertz CT molecular complexity index is 604. The number of benzene rings is 2. The molecule has 0 aromatic heterocycles. The number of phenolic OH excluding ortho intramolecular Hbond substituents is 2. The molecule has 1 unspecified atom stereocenters. The fraction of sp³-hybridized carbons (Fsp3) is 0.143. The first-order valence-corrected chi connectivity index (χ1v) is 6.08. The molecule has 0 amide bonds. The lowest BCUT2D eigenvalue weighted by Gasteiger charge is -2.17. The monoisotopic (exact) mass is 281 g/mol. The Balaban J connectivity index is 2.25. The molecule has 5 heteroatoms. The van der Waals surface area contributed by atoms with Crippen LogP contribution in [0.2, 0.25) is 5.02 Å². The fourth-order valence-corrected chi connectivity index (χ4v) is 1.97. The zero-order valence-electron chi connectivity index (χ0n) is 10.2. The standard InChI is InChI=1S/C14H13ClFNO2/c1-8(11-7-10(18)3-5-14(11)19)17-13-4-2-9(15)6-12(13)16/h2-8,17-19H,1H3. The van der Waals surface area contributed by atoms with Gasteiger partial charge >= 0.3 is 0 Å². The third-order valence-electron chi connectivity index (χ3n) is 2.78. The van der Waals surface area contributed by atoms with Gasteiger partial charge in [0.2, 0.25) is 0 Å². The Labute approximate surface area is 115 Å². The average Bonchev–Trinajstić information content (AvgIpc) is 2.35. The van der Waals surface area contributed by atoms with Crippen LogP contribution in [0.3, 0.4) is 0 Å². The third-order valence-corrected chi connectivity index (χ3v) is 3.02. The first kappa shape index (κ1) is 13.5. The van der Waals surface area contributed by atoms with E-state index in [1.54, 1.807) is 13.0 Å². The van der Waals surface area contributed by atoms with Crippen LogP contribution in [0.15, 0.2) is 36.4 Å². The number of aromatic hydroxyl groups is 2. The second kappa shape index (κ2) is 5.36. The molecule has 0 aliphatic rings. The summed E-state index contributed by atoms with van der Waals surface area (Å²) in [5, 5.41) is 22.4. The van der Waals surface area contributed by atoms with E-state index < -0.39 is 5.82 Å². The molecule has 2 aromatic carbocycles. The lowest BCUT2D eigenvalue weighted by molar-refractivity contribution is 0.451. The summed E-state index contributed by atoms with van der Waals surface area (Å²) in [5.74, 6) is -0.399. The molecule has 0 saturated carbocycles. The molecule has 0 heterocycles. The molecule has 0 spiro atoms. The third kappa shape index (κ3) is 3.09. The highest BCUT2D eigenvalue weighted by atomic mass is 35.5. The van der Waals surface area contributed by atoms with Gasteiger partial charge in [0.15, 0.2) is 0 Å². The number of hydrogen-bond donors (Lipinski definition) is 3. The van der Waals surface area contributed by atoms with Gasteiger partial charge < -0.3 is 15.5 Å². The predicted octanol–water partition coefficient (Wildman–Crippen LogP) is 4.06. The highest BCUT2D eigenvalue weighted by Crippen LogP contribution is 2.31. The molecule has 0 aliphatic carbocycles. The van der Waals surface area contributed by atoms with E-state index in [1.165, 1.54) is 30.3 Å². The number of halogens is 2. The van der Waals surface area contributed by atoms with Crippen LogP contribution in [-0.4, -0.2) is 10.2 Å². The van der Waals surface area contributed by atoms with E-state index in [1.807, 2.05) is 0 Å². The van der Waals surface area contributed by atoms with Crippen LogP contribution >= 0.6 is 11.6 Å². The van der Waals surface area contributed by atoms with E-state index in [0.29, 0.717) is 10.6 Å². The Morgan fingerprint density at radius 2 is 1.89 bits per heavy atom. The van der Waals surface area contributed by atoms with E-state index in [-0.39, 0.29) is 23.2 Å². The molecule has 0 fully saturated rings. The van der Waals surface area contributed by atoms with E-state index in [9.17, 15) is 14.6 Å². The maximum atomic E-state index is 13.6. The lowest BCUT2D eigenvalue weighted by Crippen LogP contribution is -2.08. The van der Waals surface area contributed by atoms with E-state index >= 15 is 0 Å². The number of phenols is 2. The van der Waals surface area contributed by atoms with Crippen molar-refractivity contribution in [2.75, 3.05) is 5.32 Å². The second-order valence-electron chi connectivity index (χ2n) is 4.23. The fourth-order valence-electron chi connectivity index (χ4n) is 1.81. The van der Waals surface area contributed by atoms with E-state index in [2.05, 4.69) is 5.32 Å². The van der Waals surface area contributed by atoms with Crippen LogP contribution in [0.1, 0.15) is 18.5 Å². The van der Waals surface area contributed by atoms with Crippen molar-refractivity contribution >= 4 is 17.3 Å². The zero-order chi connectivity index (χ0) is 14.0. The molecule has 1 atom stereocenters. The van der Waals surface area contributed by atoms with Gasteiger partial charge in [0.1, 0.15) is 17.3 Å². The highest BCUT2D eigenvalue weighted by molar-refractivity contribution is 6.30. The van der Waals surface area contributed by atoms with Crippen molar-refractivity contribution in [2.24, 2.45) is 0 Å². The van der Waals surface area contributed by atoms with Crippen LogP contribution in [0, 0.1) is 5.82 Å². The summed E-state index contributed by atoms with van der Waals surface area (Å²) in [4.78, 5) is 0. The van der Waals surface area contributed by atoms with Gasteiger partial charge in [0.25, 0.3) is 0 Å². The summed E-state index contributed by atoms with van der Waals surface area (Å²) in [6, 6.07) is 8.13. The van der Waals surface area contributed by atoms with Gasteiger partial charge in [0, 0.05) is 10.6 Å². The topological polar surface area (TPSA) is 52.5 Å². The first-order chi connectivity index (χ1) is 8.97. The molecule has 3 N–H and O–H groups in total. The van der Waals surface area contributed by atoms with Crippen molar-refractivity contribution in [3.63, 3.8) is 0 Å². The van der Waals surface area contributed by atoms with Gasteiger partial charge in [-0.1, -0.05) is 11.6 Å². The van der Waals surface area contributed by atoms with Gasteiger partial charge in [-0.05, 0) is 43.3 Å². The molecule has 0 bridgehead atoms. The zero-order valence-corrected chi connectivity index (χ0v) is 10.9. The Kier molecular flexibility index (Phi) is 3.81. The van der Waals surface area contributed by atoms with E-state index in [0.717, 1.165) is 0 Å². The predicted molar refractivity (Wildman–Crippen MR) is 73.2 cm³/mol. The molecule has 19 heavy (non-hydrogen) atoms. The van der Waals surface area contributed by atoms with Gasteiger partial charge in [-0.25, -0.2) is 4.39 Å². The van der Waals surface area contributed by atoms with Gasteiger partial charge in [0.05, 0.1) is 11.7 Å². The first-order valence-electron chi connectivity index (χ1n) is 5.71. The molecule has 0 radical (unpaired) electrons. The second-order valence-corrected chi connectivity index (χ2v) is 4.67. The van der Waals surface area contributed by atoms with Crippen molar-refractivity contribution in [1.29, 1.82) is 0 Å². The molecule has 2 rings (SSSR count). The molecule has 3 nitrogen and oxygen atoms in total. The summed E-state index contributed by atoms with van der Waals surface area (Å²) in [5.41, 5.74) is 0.758. The number of rotatable bonds is 3. The summed E-state index contributed by atoms with van der Waals surface area (Å²) < 4.78 is 13.6. The molecular formula is C14H13ClFNO2. The minimum Gasteiger partial charge on any atom is -0.508 e. The molecule has 0 saturated heterocycles. The maximum absolute atomic E-state index is 13.6. The van der Waals surface area contributed by atoms with Crippen molar-refractivity contribution in [1.82, 2.24) is 0 Å². The van der Waals surface area contributed by atoms with Gasteiger partial charge in [-0.3, -0.25) is 0 Å². The smallest absolute Gasteiger partial charge is 0.147 e. The van der Waals surface area contributed by atoms with Crippen molar-refractivity contribution < 1.29 is 14.6 Å². The van der Waals surface area contributed by atoms with E-state index in [4.69, 9.17) is 11.6 Å². The van der Waals surface area contributed by atoms with Crippen LogP contribution in [0.5, 0.6) is 11.5 Å². The van der Waals surface area contributed by atoms with Crippen molar-refractivity contribution in [3.05, 3.63) is 52.8 Å². The normalized spacial score (nSPS) is 12.2. The van der Waals surface area contributed by atoms with Crippen LogP contribution in [0.4, 0.5) is 10.1 Å². The SMILES string of the molecule is CC(Nc1ccc(Cl)cc1F)c1cc(O)ccc1O. The van der Waals surface area contributed by atoms with Crippen LogP contribution in [0.25, 0.3) is 0 Å². The number of anilines is 1. The lowest BCUT2D eigenvalue weighted by atomic mass is 10.1. The summed E-state index contributed by atoms with van der Waals surface area (Å²) >= 11 is 5.68. The summed E-state index contributed by atoms with van der Waals surface area (Å²) in [6.45, 7) is 1.75. The van der Waals surface area contributed by atoms with Crippen LogP contribution in [-0.2, 0) is 0 Å². The Morgan fingerprint density at radius 3 is 2.58 bits per heavy atom. The van der Waals surface area contributed by atoms with Gasteiger partial charge in [-0.15, -0.1) is 0 Å². The Morgan fingerprint density at radius 1 is 1.16 bits per heavy atom. The Hall–Kier alpha value is -1.94.